The van der Waals surface area contributed by atoms with E-state index in [2.05, 4.69) is 15.5 Å². The van der Waals surface area contributed by atoms with E-state index in [0.717, 1.165) is 12.1 Å². The van der Waals surface area contributed by atoms with Gasteiger partial charge in [-0.2, -0.15) is 18.2 Å². The summed E-state index contributed by atoms with van der Waals surface area (Å²) in [6, 6.07) is 13.0. The molecule has 25 heavy (non-hydrogen) atoms. The number of hydrogen-bond acceptors (Lipinski definition) is 4. The molecule has 1 amide bonds. The second-order valence-corrected chi connectivity index (χ2v) is 5.14. The first-order valence-electron chi connectivity index (χ1n) is 7.27. The Morgan fingerprint density at radius 2 is 1.72 bits per heavy atom. The molecule has 0 fully saturated rings. The van der Waals surface area contributed by atoms with Gasteiger partial charge < -0.3 is 9.84 Å². The summed E-state index contributed by atoms with van der Waals surface area (Å²) in [4.78, 5) is 16.0. The summed E-state index contributed by atoms with van der Waals surface area (Å²) in [6.45, 7) is 0.0152. The van der Waals surface area contributed by atoms with Crippen molar-refractivity contribution in [2.75, 3.05) is 0 Å². The van der Waals surface area contributed by atoms with E-state index in [4.69, 9.17) is 4.52 Å². The largest absolute Gasteiger partial charge is 0.416 e. The topological polar surface area (TPSA) is 68.0 Å². The second-order valence-electron chi connectivity index (χ2n) is 5.14. The number of benzene rings is 2. The lowest BCUT2D eigenvalue weighted by Crippen LogP contribution is -2.22. The van der Waals surface area contributed by atoms with Gasteiger partial charge in [0.25, 0.3) is 5.91 Å². The van der Waals surface area contributed by atoms with Crippen molar-refractivity contribution < 1.29 is 22.5 Å². The molecule has 1 N–H and O–H groups in total. The molecule has 1 heterocycles. The molecule has 0 bridgehead atoms. The molecule has 5 nitrogen and oxygen atoms in total. The third-order valence-electron chi connectivity index (χ3n) is 3.37. The van der Waals surface area contributed by atoms with Crippen molar-refractivity contribution >= 4 is 5.91 Å². The van der Waals surface area contributed by atoms with Crippen molar-refractivity contribution in [3.05, 3.63) is 71.6 Å². The number of aromatic nitrogens is 2. The third kappa shape index (κ3) is 4.03. The summed E-state index contributed by atoms with van der Waals surface area (Å²) in [5.74, 6) is 0.00624. The number of carbonyl (C=O) groups is 1. The van der Waals surface area contributed by atoms with E-state index in [-0.39, 0.29) is 24.2 Å². The minimum absolute atomic E-state index is 0.0152. The maximum Gasteiger partial charge on any atom is 0.416 e. The Labute approximate surface area is 140 Å². The highest BCUT2D eigenvalue weighted by Gasteiger charge is 2.30. The average Bonchev–Trinajstić information content (AvgIpc) is 3.09. The van der Waals surface area contributed by atoms with E-state index in [9.17, 15) is 18.0 Å². The van der Waals surface area contributed by atoms with Gasteiger partial charge >= 0.3 is 6.18 Å². The van der Waals surface area contributed by atoms with Gasteiger partial charge in [0, 0.05) is 11.1 Å². The zero-order valence-electron chi connectivity index (χ0n) is 12.7. The summed E-state index contributed by atoms with van der Waals surface area (Å²) in [5, 5.41) is 6.34. The SMILES string of the molecule is O=C(NCc1nc(-c2ccc(C(F)(F)F)cc2)no1)c1ccccc1. The van der Waals surface area contributed by atoms with Crippen LogP contribution in [0.3, 0.4) is 0 Å². The van der Waals surface area contributed by atoms with Gasteiger partial charge in [-0.25, -0.2) is 0 Å². The van der Waals surface area contributed by atoms with Crippen LogP contribution in [0.4, 0.5) is 13.2 Å². The lowest BCUT2D eigenvalue weighted by molar-refractivity contribution is -0.137. The van der Waals surface area contributed by atoms with E-state index in [0.29, 0.717) is 11.1 Å². The number of nitrogens with zero attached hydrogens (tertiary/aromatic N) is 2. The van der Waals surface area contributed by atoms with E-state index >= 15 is 0 Å². The number of carbonyl (C=O) groups excluding carboxylic acids is 1. The minimum atomic E-state index is -4.40. The molecule has 0 spiro atoms. The van der Waals surface area contributed by atoms with Gasteiger partial charge in [-0.3, -0.25) is 4.79 Å². The van der Waals surface area contributed by atoms with Gasteiger partial charge in [-0.1, -0.05) is 35.5 Å². The molecular formula is C17H12F3N3O2. The first kappa shape index (κ1) is 16.7. The molecule has 0 aliphatic heterocycles. The van der Waals surface area contributed by atoms with Crippen molar-refractivity contribution in [3.8, 4) is 11.4 Å². The van der Waals surface area contributed by atoms with Gasteiger partial charge in [0.15, 0.2) is 0 Å². The van der Waals surface area contributed by atoms with Gasteiger partial charge in [0.2, 0.25) is 11.7 Å². The smallest absolute Gasteiger partial charge is 0.343 e. The fourth-order valence-electron chi connectivity index (χ4n) is 2.10. The van der Waals surface area contributed by atoms with Gasteiger partial charge in [0.05, 0.1) is 12.1 Å². The molecule has 0 unspecified atom stereocenters. The van der Waals surface area contributed by atoms with Crippen molar-refractivity contribution in [3.63, 3.8) is 0 Å². The predicted molar refractivity (Wildman–Crippen MR) is 82.3 cm³/mol. The highest BCUT2D eigenvalue weighted by atomic mass is 19.4. The zero-order valence-corrected chi connectivity index (χ0v) is 12.7. The Bertz CT molecular complexity index is 859. The molecule has 1 aromatic heterocycles. The molecule has 0 radical (unpaired) electrons. The fraction of sp³-hybridized carbons (Fsp3) is 0.118. The molecule has 3 aromatic rings. The second kappa shape index (κ2) is 6.76. The molecule has 0 saturated carbocycles. The number of nitrogens with one attached hydrogen (secondary N) is 1. The molecule has 0 aliphatic carbocycles. The molecule has 0 aliphatic rings. The Kier molecular flexibility index (Phi) is 4.51. The highest BCUT2D eigenvalue weighted by Crippen LogP contribution is 2.30. The van der Waals surface area contributed by atoms with Crippen LogP contribution in [0.15, 0.2) is 59.1 Å². The predicted octanol–water partition coefficient (Wildman–Crippen LogP) is 3.69. The number of amides is 1. The molecular weight excluding hydrogens is 335 g/mol. The number of alkyl halides is 3. The van der Waals surface area contributed by atoms with Crippen LogP contribution in [-0.2, 0) is 12.7 Å². The van der Waals surface area contributed by atoms with E-state index in [1.54, 1.807) is 30.3 Å². The van der Waals surface area contributed by atoms with Crippen molar-refractivity contribution in [2.45, 2.75) is 12.7 Å². The summed E-state index contributed by atoms with van der Waals surface area (Å²) in [7, 11) is 0. The Morgan fingerprint density at radius 3 is 2.36 bits per heavy atom. The number of hydrogen-bond donors (Lipinski definition) is 1. The van der Waals surface area contributed by atoms with Crippen LogP contribution in [0.1, 0.15) is 21.8 Å². The first-order chi connectivity index (χ1) is 11.9. The molecule has 0 atom stereocenters. The summed E-state index contributed by atoms with van der Waals surface area (Å²) >= 11 is 0. The summed E-state index contributed by atoms with van der Waals surface area (Å²) in [6.07, 6.45) is -4.40. The molecule has 8 heteroatoms. The molecule has 2 aromatic carbocycles. The quantitative estimate of drug-likeness (QED) is 0.782. The van der Waals surface area contributed by atoms with E-state index in [1.165, 1.54) is 12.1 Å². The van der Waals surface area contributed by atoms with Crippen LogP contribution in [0.2, 0.25) is 0 Å². The van der Waals surface area contributed by atoms with Crippen molar-refractivity contribution in [2.24, 2.45) is 0 Å². The lowest BCUT2D eigenvalue weighted by atomic mass is 10.1. The van der Waals surface area contributed by atoms with Crippen LogP contribution < -0.4 is 5.32 Å². The fourth-order valence-corrected chi connectivity index (χ4v) is 2.10. The third-order valence-corrected chi connectivity index (χ3v) is 3.37. The summed E-state index contributed by atoms with van der Waals surface area (Å²) < 4.78 is 42.7. The van der Waals surface area contributed by atoms with Gasteiger partial charge in [0.1, 0.15) is 0 Å². The number of halogens is 3. The van der Waals surface area contributed by atoms with Crippen LogP contribution in [0.5, 0.6) is 0 Å². The minimum Gasteiger partial charge on any atom is -0.343 e. The maximum absolute atomic E-state index is 12.6. The summed E-state index contributed by atoms with van der Waals surface area (Å²) in [5.41, 5.74) is 0.123. The highest BCUT2D eigenvalue weighted by molar-refractivity contribution is 5.93. The molecule has 0 saturated heterocycles. The Hall–Kier alpha value is -3.16. The maximum atomic E-state index is 12.6. The van der Waals surface area contributed by atoms with Crippen molar-refractivity contribution in [1.82, 2.24) is 15.5 Å². The van der Waals surface area contributed by atoms with E-state index in [1.807, 2.05) is 0 Å². The average molecular weight is 347 g/mol. The molecule has 3 rings (SSSR count). The Balaban J connectivity index is 1.65. The van der Waals surface area contributed by atoms with Crippen LogP contribution in [0.25, 0.3) is 11.4 Å². The van der Waals surface area contributed by atoms with Gasteiger partial charge in [-0.05, 0) is 24.3 Å². The monoisotopic (exact) mass is 347 g/mol. The first-order valence-corrected chi connectivity index (χ1v) is 7.27. The van der Waals surface area contributed by atoms with Crippen LogP contribution >= 0.6 is 0 Å². The Morgan fingerprint density at radius 1 is 1.04 bits per heavy atom. The van der Waals surface area contributed by atoms with Crippen LogP contribution in [-0.4, -0.2) is 16.0 Å². The lowest BCUT2D eigenvalue weighted by Gasteiger charge is -2.05. The van der Waals surface area contributed by atoms with Crippen molar-refractivity contribution in [1.29, 1.82) is 0 Å². The zero-order chi connectivity index (χ0) is 17.9. The standard InChI is InChI=1S/C17H12F3N3O2/c18-17(19,20)13-8-6-11(7-9-13)15-22-14(25-23-15)10-21-16(24)12-4-2-1-3-5-12/h1-9H,10H2,(H,21,24). The van der Waals surface area contributed by atoms with Crippen LogP contribution in [0, 0.1) is 0 Å². The molecule has 128 valence electrons. The number of rotatable bonds is 4. The normalized spacial score (nSPS) is 11.3. The van der Waals surface area contributed by atoms with Gasteiger partial charge in [-0.15, -0.1) is 0 Å². The van der Waals surface area contributed by atoms with E-state index < -0.39 is 11.7 Å².